The summed E-state index contributed by atoms with van der Waals surface area (Å²) in [5, 5.41) is 3.00. The molecule has 4 aromatic rings. The number of allylic oxidation sites excluding steroid dienone is 1. The molecule has 0 spiro atoms. The zero-order chi connectivity index (χ0) is 26.8. The van der Waals surface area contributed by atoms with Crippen molar-refractivity contribution in [1.82, 2.24) is 0 Å². The second-order valence-corrected chi connectivity index (χ2v) is 27.7. The molecule has 2 aliphatic rings. The van der Waals surface area contributed by atoms with Crippen molar-refractivity contribution in [3.8, 4) is 22.3 Å². The van der Waals surface area contributed by atoms with Crippen molar-refractivity contribution in [3.05, 3.63) is 107 Å². The molecule has 0 amide bonds. The maximum atomic E-state index is 7.88. The van der Waals surface area contributed by atoms with Crippen LogP contribution in [0.5, 0.6) is 0 Å². The van der Waals surface area contributed by atoms with Crippen molar-refractivity contribution in [1.29, 1.82) is 0 Å². The normalized spacial score (nSPS) is 16.8. The van der Waals surface area contributed by atoms with Gasteiger partial charge in [0.25, 0.3) is 0 Å². The quantitative estimate of drug-likeness (QED) is 0.179. The predicted octanol–water partition coefficient (Wildman–Crippen LogP) is 7.60. The Kier molecular flexibility index (Phi) is 6.80. The van der Waals surface area contributed by atoms with Gasteiger partial charge in [-0.2, -0.15) is 0 Å². The first kappa shape index (κ1) is 26.5. The van der Waals surface area contributed by atoms with E-state index in [0.29, 0.717) is 0 Å². The van der Waals surface area contributed by atoms with E-state index in [0.717, 1.165) is 6.42 Å². The monoisotopic (exact) mass is 630 g/mol. The fourth-order valence-electron chi connectivity index (χ4n) is 6.65. The number of aryl methyl sites for hydroxylation is 2. The Morgan fingerprint density at radius 3 is 2.24 bits per heavy atom. The van der Waals surface area contributed by atoms with Gasteiger partial charge in [-0.1, -0.05) is 0 Å². The van der Waals surface area contributed by atoms with Crippen molar-refractivity contribution >= 4 is 46.3 Å². The molecule has 6 rings (SSSR count). The van der Waals surface area contributed by atoms with Gasteiger partial charge in [0.05, 0.1) is 0 Å². The van der Waals surface area contributed by atoms with Gasteiger partial charge >= 0.3 is 243 Å². The van der Waals surface area contributed by atoms with Crippen LogP contribution in [0.3, 0.4) is 0 Å². The number of rotatable bonds is 4. The van der Waals surface area contributed by atoms with E-state index in [1.165, 1.54) is 63.7 Å². The van der Waals surface area contributed by atoms with Crippen LogP contribution in [0.15, 0.2) is 84.4 Å². The maximum absolute atomic E-state index is 7.88. The molecule has 4 heteroatoms. The predicted molar refractivity (Wildman–Crippen MR) is 167 cm³/mol. The minimum atomic E-state index is -4.01. The van der Waals surface area contributed by atoms with E-state index in [-0.39, 0.29) is 9.04 Å². The van der Waals surface area contributed by atoms with Gasteiger partial charge in [-0.25, -0.2) is 0 Å². The van der Waals surface area contributed by atoms with Crippen molar-refractivity contribution in [2.45, 2.75) is 44.7 Å². The summed E-state index contributed by atoms with van der Waals surface area (Å²) in [4.78, 5) is 0. The minimum absolute atomic E-state index is 0.0383. The molecular formula is C34H34Cl2SiZr. The summed E-state index contributed by atoms with van der Waals surface area (Å²) < 4.78 is 1.38. The van der Waals surface area contributed by atoms with Crippen molar-refractivity contribution in [3.63, 3.8) is 0 Å². The van der Waals surface area contributed by atoms with Gasteiger partial charge in [0.2, 0.25) is 0 Å². The molecule has 1 aliphatic heterocycles. The van der Waals surface area contributed by atoms with E-state index in [1.807, 2.05) is 0 Å². The molecule has 0 bridgehead atoms. The molecule has 0 fully saturated rings. The molecule has 0 radical (unpaired) electrons. The third kappa shape index (κ3) is 4.19. The Morgan fingerprint density at radius 2 is 1.50 bits per heavy atom. The Labute approximate surface area is 241 Å². The third-order valence-corrected chi connectivity index (χ3v) is 22.7. The van der Waals surface area contributed by atoms with Gasteiger partial charge in [-0.15, -0.1) is 0 Å². The van der Waals surface area contributed by atoms with Gasteiger partial charge in [0, 0.05) is 0 Å². The molecule has 192 valence electrons. The van der Waals surface area contributed by atoms with E-state index in [9.17, 15) is 0 Å². The zero-order valence-corrected chi connectivity index (χ0v) is 28.2. The Morgan fingerprint density at radius 1 is 0.816 bits per heavy atom. The number of fused-ring (bicyclic) bond motifs is 4. The molecule has 0 saturated carbocycles. The average molecular weight is 633 g/mol. The number of hydrogen-bond donors (Lipinski definition) is 0. The molecule has 1 atom stereocenters. The van der Waals surface area contributed by atoms with Gasteiger partial charge in [-0.3, -0.25) is 0 Å². The molecular weight excluding hydrogens is 599 g/mol. The summed E-state index contributed by atoms with van der Waals surface area (Å²) in [7, 11) is 15.1. The number of benzene rings is 4. The molecule has 0 aromatic heterocycles. The first-order chi connectivity index (χ1) is 18.1. The second kappa shape index (κ2) is 9.74. The van der Waals surface area contributed by atoms with Crippen LogP contribution in [0, 0.1) is 12.3 Å². The SMILES string of the molecule is CCc1ccccc1-c1c(C)ccc2c1C=C(C(C)(C)C)[CH]2[Zr]([Cl])([Cl])[c]1cccc2c1[SiH2]c1ccccc1-2. The van der Waals surface area contributed by atoms with Crippen molar-refractivity contribution < 1.29 is 17.9 Å². The Hall–Kier alpha value is -1.70. The molecule has 1 aliphatic carbocycles. The first-order valence-electron chi connectivity index (χ1n) is 13.6. The topological polar surface area (TPSA) is 0 Å². The van der Waals surface area contributed by atoms with Gasteiger partial charge in [0.15, 0.2) is 0 Å². The van der Waals surface area contributed by atoms with Crippen LogP contribution >= 0.6 is 17.0 Å². The average Bonchev–Trinajstić information content (AvgIpc) is 3.48. The van der Waals surface area contributed by atoms with E-state index in [4.69, 9.17) is 17.0 Å². The Bertz CT molecular complexity index is 1610. The molecule has 1 heterocycles. The summed E-state index contributed by atoms with van der Waals surface area (Å²) in [6.07, 6.45) is 3.47. The van der Waals surface area contributed by atoms with Gasteiger partial charge in [-0.05, 0) is 0 Å². The van der Waals surface area contributed by atoms with Crippen LogP contribution in [0.4, 0.5) is 0 Å². The molecule has 0 N–H and O–H groups in total. The van der Waals surface area contributed by atoms with Crippen molar-refractivity contribution in [2.75, 3.05) is 0 Å². The molecule has 38 heavy (non-hydrogen) atoms. The first-order valence-corrected chi connectivity index (χ1v) is 24.0. The van der Waals surface area contributed by atoms with Gasteiger partial charge < -0.3 is 0 Å². The fourth-order valence-corrected chi connectivity index (χ4v) is 23.8. The Balaban J connectivity index is 1.57. The molecule has 4 aromatic carbocycles. The van der Waals surface area contributed by atoms with Crippen LogP contribution < -0.4 is 13.6 Å². The number of hydrogen-bond acceptors (Lipinski definition) is 0. The molecule has 0 saturated heterocycles. The fraction of sp³-hybridized carbons (Fsp3) is 0.235. The molecule has 0 nitrogen and oxygen atoms in total. The summed E-state index contributed by atoms with van der Waals surface area (Å²) in [6.45, 7) is 11.4. The zero-order valence-electron chi connectivity index (χ0n) is 22.8. The molecule has 1 unspecified atom stereocenters. The summed E-state index contributed by atoms with van der Waals surface area (Å²) in [5.41, 5.74) is 12.1. The van der Waals surface area contributed by atoms with Crippen LogP contribution in [-0.2, 0) is 24.3 Å². The standard InChI is InChI=1S/C22H25.C12H9Si.2ClH.Zr/c1-6-16-9-7-8-10-19(16)21-15(2)11-12-17-13-18(14-20(17)21)22(3,4)5;1-3-7-11-9(5-1)10-6-2-4-8-12(10)13-11;;;/h7-14H,6H2,1-5H3;1-7H,13H2;2*1H;/q;;;;+2/p-2. The summed E-state index contributed by atoms with van der Waals surface area (Å²) in [5.74, 6) is 0. The third-order valence-electron chi connectivity index (χ3n) is 8.52. The van der Waals surface area contributed by atoms with Crippen LogP contribution in [-0.4, -0.2) is 9.52 Å². The van der Waals surface area contributed by atoms with E-state index < -0.39 is 27.4 Å². The second-order valence-electron chi connectivity index (χ2n) is 11.8. The van der Waals surface area contributed by atoms with Crippen molar-refractivity contribution in [2.24, 2.45) is 5.41 Å². The van der Waals surface area contributed by atoms with Crippen LogP contribution in [0.1, 0.15) is 53.6 Å². The summed E-state index contributed by atoms with van der Waals surface area (Å²) in [6, 6.07) is 29.1. The number of halogens is 2. The van der Waals surface area contributed by atoms with E-state index in [2.05, 4.69) is 120 Å². The summed E-state index contributed by atoms with van der Waals surface area (Å²) >= 11 is -4.01. The van der Waals surface area contributed by atoms with Gasteiger partial charge in [0.1, 0.15) is 0 Å². The van der Waals surface area contributed by atoms with E-state index >= 15 is 0 Å². The van der Waals surface area contributed by atoms with Crippen LogP contribution in [0.25, 0.3) is 28.3 Å². The van der Waals surface area contributed by atoms with E-state index in [1.54, 1.807) is 0 Å². The van der Waals surface area contributed by atoms with Crippen LogP contribution in [0.2, 0.25) is 0 Å².